The summed E-state index contributed by atoms with van der Waals surface area (Å²) in [5.41, 5.74) is 1.56. The van der Waals surface area contributed by atoms with Gasteiger partial charge >= 0.3 is 0 Å². The van der Waals surface area contributed by atoms with Crippen LogP contribution in [0.15, 0.2) is 18.2 Å². The molecule has 4 nitrogen and oxygen atoms in total. The monoisotopic (exact) mass is 288 g/mol. The van der Waals surface area contributed by atoms with E-state index < -0.39 is 0 Å². The van der Waals surface area contributed by atoms with Gasteiger partial charge in [-0.3, -0.25) is 4.79 Å². The van der Waals surface area contributed by atoms with Gasteiger partial charge in [-0.1, -0.05) is 19.9 Å². The van der Waals surface area contributed by atoms with E-state index in [4.69, 9.17) is 4.74 Å². The SMILES string of the molecule is CC1CCC(NC(=O)c2cccc3c2OCCN3)C(C)C1. The number of carbonyl (C=O) groups is 1. The minimum absolute atomic E-state index is 0.0121. The van der Waals surface area contributed by atoms with Gasteiger partial charge < -0.3 is 15.4 Å². The zero-order valence-electron chi connectivity index (χ0n) is 12.8. The van der Waals surface area contributed by atoms with Gasteiger partial charge in [-0.2, -0.15) is 0 Å². The average Bonchev–Trinajstić information content (AvgIpc) is 2.49. The van der Waals surface area contributed by atoms with Crippen LogP contribution in [0.2, 0.25) is 0 Å². The summed E-state index contributed by atoms with van der Waals surface area (Å²) in [7, 11) is 0. The second-order valence-electron chi connectivity index (χ2n) is 6.43. The number of rotatable bonds is 2. The molecular formula is C17H24N2O2. The molecule has 1 fully saturated rings. The van der Waals surface area contributed by atoms with Crippen molar-refractivity contribution < 1.29 is 9.53 Å². The smallest absolute Gasteiger partial charge is 0.255 e. The molecule has 0 saturated heterocycles. The van der Waals surface area contributed by atoms with Gasteiger partial charge in [-0.25, -0.2) is 0 Å². The molecule has 1 saturated carbocycles. The van der Waals surface area contributed by atoms with Crippen molar-refractivity contribution in [1.82, 2.24) is 5.32 Å². The Balaban J connectivity index is 1.74. The number of amides is 1. The third-order valence-corrected chi connectivity index (χ3v) is 4.67. The Hall–Kier alpha value is -1.71. The Bertz CT molecular complexity index is 530. The Kier molecular flexibility index (Phi) is 4.04. The van der Waals surface area contributed by atoms with E-state index in [2.05, 4.69) is 24.5 Å². The standard InChI is InChI=1S/C17H24N2O2/c1-11-6-7-14(12(2)10-11)19-17(20)13-4-3-5-15-16(13)21-9-8-18-15/h3-5,11-12,14,18H,6-10H2,1-2H3,(H,19,20). The first-order valence-corrected chi connectivity index (χ1v) is 7.95. The number of para-hydroxylation sites is 1. The van der Waals surface area contributed by atoms with Crippen LogP contribution in [0, 0.1) is 11.8 Å². The quantitative estimate of drug-likeness (QED) is 0.879. The number of anilines is 1. The van der Waals surface area contributed by atoms with E-state index in [1.54, 1.807) is 0 Å². The number of fused-ring (bicyclic) bond motifs is 1. The van der Waals surface area contributed by atoms with Crippen molar-refractivity contribution in [3.63, 3.8) is 0 Å². The second kappa shape index (κ2) is 5.96. The van der Waals surface area contributed by atoms with Gasteiger partial charge in [0.15, 0.2) is 5.75 Å². The molecule has 0 radical (unpaired) electrons. The molecule has 0 bridgehead atoms. The van der Waals surface area contributed by atoms with Crippen LogP contribution in [0.5, 0.6) is 5.75 Å². The van der Waals surface area contributed by atoms with Crippen LogP contribution in [0.1, 0.15) is 43.5 Å². The lowest BCUT2D eigenvalue weighted by Gasteiger charge is -2.33. The average molecular weight is 288 g/mol. The van der Waals surface area contributed by atoms with Gasteiger partial charge in [0, 0.05) is 12.6 Å². The molecule has 1 heterocycles. The van der Waals surface area contributed by atoms with Crippen molar-refractivity contribution in [3.8, 4) is 5.75 Å². The van der Waals surface area contributed by atoms with Gasteiger partial charge in [-0.15, -0.1) is 0 Å². The minimum atomic E-state index is -0.0121. The lowest BCUT2D eigenvalue weighted by molar-refractivity contribution is 0.0895. The highest BCUT2D eigenvalue weighted by atomic mass is 16.5. The lowest BCUT2D eigenvalue weighted by Crippen LogP contribution is -2.42. The van der Waals surface area contributed by atoms with Gasteiger partial charge in [0.25, 0.3) is 5.91 Å². The lowest BCUT2D eigenvalue weighted by atomic mass is 9.80. The molecule has 2 aliphatic rings. The third-order valence-electron chi connectivity index (χ3n) is 4.67. The highest BCUT2D eigenvalue weighted by Crippen LogP contribution is 2.32. The van der Waals surface area contributed by atoms with Crippen LogP contribution in [0.3, 0.4) is 0 Å². The topological polar surface area (TPSA) is 50.4 Å². The first-order valence-electron chi connectivity index (χ1n) is 7.95. The predicted octanol–water partition coefficient (Wildman–Crippen LogP) is 3.05. The van der Waals surface area contributed by atoms with E-state index in [9.17, 15) is 4.79 Å². The number of hydrogen-bond acceptors (Lipinski definition) is 3. The highest BCUT2D eigenvalue weighted by Gasteiger charge is 2.28. The molecule has 114 valence electrons. The first kappa shape index (κ1) is 14.2. The molecule has 4 heteroatoms. The maximum absolute atomic E-state index is 12.6. The molecule has 1 aromatic rings. The summed E-state index contributed by atoms with van der Waals surface area (Å²) in [5.74, 6) is 1.99. The van der Waals surface area contributed by atoms with Gasteiger partial charge in [0.2, 0.25) is 0 Å². The summed E-state index contributed by atoms with van der Waals surface area (Å²) < 4.78 is 5.69. The van der Waals surface area contributed by atoms with E-state index in [0.29, 0.717) is 23.8 Å². The Morgan fingerprint density at radius 2 is 2.19 bits per heavy atom. The summed E-state index contributed by atoms with van der Waals surface area (Å²) in [6, 6.07) is 5.98. The zero-order chi connectivity index (χ0) is 14.8. The van der Waals surface area contributed by atoms with Crippen LogP contribution < -0.4 is 15.4 Å². The van der Waals surface area contributed by atoms with Crippen LogP contribution in [-0.2, 0) is 0 Å². The predicted molar refractivity (Wildman–Crippen MR) is 83.9 cm³/mol. The van der Waals surface area contributed by atoms with E-state index in [-0.39, 0.29) is 11.9 Å². The minimum Gasteiger partial charge on any atom is -0.489 e. The molecule has 0 aromatic heterocycles. The molecule has 2 N–H and O–H groups in total. The first-order chi connectivity index (χ1) is 10.1. The van der Waals surface area contributed by atoms with E-state index in [1.165, 1.54) is 12.8 Å². The van der Waals surface area contributed by atoms with Gasteiger partial charge in [0.1, 0.15) is 6.61 Å². The normalized spacial score (nSPS) is 28.0. The molecule has 3 atom stereocenters. The molecule has 21 heavy (non-hydrogen) atoms. The van der Waals surface area contributed by atoms with Crippen molar-refractivity contribution in [2.45, 2.75) is 39.2 Å². The largest absolute Gasteiger partial charge is 0.489 e. The fourth-order valence-corrected chi connectivity index (χ4v) is 3.48. The molecular weight excluding hydrogens is 264 g/mol. The van der Waals surface area contributed by atoms with Crippen LogP contribution in [-0.4, -0.2) is 25.1 Å². The van der Waals surface area contributed by atoms with Crippen molar-refractivity contribution in [3.05, 3.63) is 23.8 Å². The third kappa shape index (κ3) is 2.99. The molecule has 1 aliphatic carbocycles. The van der Waals surface area contributed by atoms with Crippen molar-refractivity contribution in [2.75, 3.05) is 18.5 Å². The maximum Gasteiger partial charge on any atom is 0.255 e. The number of hydrogen-bond donors (Lipinski definition) is 2. The Morgan fingerprint density at radius 1 is 1.33 bits per heavy atom. The summed E-state index contributed by atoms with van der Waals surface area (Å²) in [6.07, 6.45) is 3.46. The van der Waals surface area contributed by atoms with Crippen molar-refractivity contribution >= 4 is 11.6 Å². The fourth-order valence-electron chi connectivity index (χ4n) is 3.48. The Morgan fingerprint density at radius 3 is 3.00 bits per heavy atom. The van der Waals surface area contributed by atoms with Gasteiger partial charge in [-0.05, 0) is 43.2 Å². The summed E-state index contributed by atoms with van der Waals surface area (Å²) in [5, 5.41) is 6.48. The maximum atomic E-state index is 12.6. The van der Waals surface area contributed by atoms with Crippen LogP contribution >= 0.6 is 0 Å². The molecule has 3 rings (SSSR count). The zero-order valence-corrected chi connectivity index (χ0v) is 12.8. The van der Waals surface area contributed by atoms with E-state index in [0.717, 1.165) is 24.6 Å². The highest BCUT2D eigenvalue weighted by molar-refractivity contribution is 5.99. The molecule has 0 spiro atoms. The van der Waals surface area contributed by atoms with Crippen LogP contribution in [0.4, 0.5) is 5.69 Å². The number of nitrogens with one attached hydrogen (secondary N) is 2. The number of benzene rings is 1. The summed E-state index contributed by atoms with van der Waals surface area (Å²) in [4.78, 5) is 12.6. The van der Waals surface area contributed by atoms with Crippen LogP contribution in [0.25, 0.3) is 0 Å². The van der Waals surface area contributed by atoms with Gasteiger partial charge in [0.05, 0.1) is 11.3 Å². The fraction of sp³-hybridized carbons (Fsp3) is 0.588. The van der Waals surface area contributed by atoms with Crippen molar-refractivity contribution in [2.24, 2.45) is 11.8 Å². The summed E-state index contributed by atoms with van der Waals surface area (Å²) in [6.45, 7) is 5.92. The number of carbonyl (C=O) groups excluding carboxylic acids is 1. The molecule has 1 aromatic carbocycles. The summed E-state index contributed by atoms with van der Waals surface area (Å²) >= 11 is 0. The number of ether oxygens (including phenoxy) is 1. The molecule has 1 amide bonds. The molecule has 3 unspecified atom stereocenters. The van der Waals surface area contributed by atoms with E-state index >= 15 is 0 Å². The van der Waals surface area contributed by atoms with E-state index in [1.807, 2.05) is 18.2 Å². The van der Waals surface area contributed by atoms with Crippen molar-refractivity contribution in [1.29, 1.82) is 0 Å². The Labute approximate surface area is 126 Å². The molecule has 1 aliphatic heterocycles. The second-order valence-corrected chi connectivity index (χ2v) is 6.43.